The lowest BCUT2D eigenvalue weighted by Gasteiger charge is -2.49. The summed E-state index contributed by atoms with van der Waals surface area (Å²) in [5.41, 5.74) is 6.44. The SMILES string of the molecule is CN(c1ccc(-c2cnc3ccccc3c2)nn1)C1CC(C)(C)NC(C)(C)C1.CN(c1ccc(-c2cnc3ccccc3n2)nn1)C1CC(C)(C)NC(C)(C)C1. The van der Waals surface area contributed by atoms with Crippen LogP contribution in [0.3, 0.4) is 0 Å². The fraction of sp³-hybridized carbons (Fsp3) is 0.444. The Labute approximate surface area is 331 Å². The maximum atomic E-state index is 4.66. The molecule has 11 nitrogen and oxygen atoms in total. The lowest BCUT2D eigenvalue weighted by Crippen LogP contribution is -2.62. The highest BCUT2D eigenvalue weighted by atomic mass is 15.3. The average Bonchev–Trinajstić information content (AvgIpc) is 3.15. The molecule has 0 amide bonds. The molecule has 0 bridgehead atoms. The van der Waals surface area contributed by atoms with Gasteiger partial charge in [0.2, 0.25) is 0 Å². The van der Waals surface area contributed by atoms with Gasteiger partial charge in [0.25, 0.3) is 0 Å². The van der Waals surface area contributed by atoms with Gasteiger partial charge >= 0.3 is 0 Å². The number of pyridine rings is 1. The van der Waals surface area contributed by atoms with Crippen LogP contribution in [0.5, 0.6) is 0 Å². The lowest BCUT2D eigenvalue weighted by molar-refractivity contribution is 0.160. The lowest BCUT2D eigenvalue weighted by atomic mass is 9.79. The van der Waals surface area contributed by atoms with Gasteiger partial charge in [-0.05, 0) is 130 Å². The fourth-order valence-electron chi connectivity index (χ4n) is 9.07. The van der Waals surface area contributed by atoms with E-state index in [2.05, 4.69) is 143 Å². The molecule has 4 aromatic heterocycles. The summed E-state index contributed by atoms with van der Waals surface area (Å²) in [5.74, 6) is 1.80. The van der Waals surface area contributed by atoms with Crippen LogP contribution in [0, 0.1) is 0 Å². The number of aromatic nitrogens is 7. The predicted molar refractivity (Wildman–Crippen MR) is 229 cm³/mol. The highest BCUT2D eigenvalue weighted by Gasteiger charge is 2.40. The van der Waals surface area contributed by atoms with Crippen LogP contribution in [0.2, 0.25) is 0 Å². The number of rotatable bonds is 6. The van der Waals surface area contributed by atoms with E-state index in [1.165, 1.54) is 0 Å². The molecule has 2 fully saturated rings. The number of benzene rings is 2. The smallest absolute Gasteiger partial charge is 0.151 e. The summed E-state index contributed by atoms with van der Waals surface area (Å²) >= 11 is 0. The molecule has 2 aliphatic rings. The Morgan fingerprint density at radius 2 is 0.964 bits per heavy atom. The summed E-state index contributed by atoms with van der Waals surface area (Å²) in [6.45, 7) is 18.2. The molecule has 0 saturated carbocycles. The molecule has 2 aromatic carbocycles. The van der Waals surface area contributed by atoms with Crippen molar-refractivity contribution in [2.24, 2.45) is 0 Å². The molecule has 292 valence electrons. The third-order valence-electron chi connectivity index (χ3n) is 11.1. The van der Waals surface area contributed by atoms with Crippen molar-refractivity contribution >= 4 is 33.6 Å². The van der Waals surface area contributed by atoms with E-state index in [9.17, 15) is 0 Å². The van der Waals surface area contributed by atoms with E-state index in [-0.39, 0.29) is 22.2 Å². The molecule has 6 aromatic rings. The number of nitrogens with zero attached hydrogens (tertiary/aromatic N) is 9. The van der Waals surface area contributed by atoms with E-state index in [0.29, 0.717) is 12.1 Å². The second kappa shape index (κ2) is 15.1. The summed E-state index contributed by atoms with van der Waals surface area (Å²) in [4.78, 5) is 18.2. The maximum absolute atomic E-state index is 4.66. The number of anilines is 2. The van der Waals surface area contributed by atoms with Crippen molar-refractivity contribution in [2.75, 3.05) is 23.9 Å². The fourth-order valence-corrected chi connectivity index (χ4v) is 9.07. The third-order valence-corrected chi connectivity index (χ3v) is 11.1. The Hall–Kier alpha value is -5.13. The molecule has 2 aliphatic heterocycles. The second-order valence-corrected chi connectivity index (χ2v) is 18.3. The minimum absolute atomic E-state index is 0.0920. The van der Waals surface area contributed by atoms with Gasteiger partial charge in [0.05, 0.1) is 28.4 Å². The monoisotopic (exact) mass is 751 g/mol. The van der Waals surface area contributed by atoms with Crippen molar-refractivity contribution in [1.82, 2.24) is 46.0 Å². The molecule has 0 atom stereocenters. The largest absolute Gasteiger partial charge is 0.355 e. The van der Waals surface area contributed by atoms with E-state index in [1.54, 1.807) is 6.20 Å². The highest BCUT2D eigenvalue weighted by molar-refractivity contribution is 5.82. The van der Waals surface area contributed by atoms with Gasteiger partial charge in [0.1, 0.15) is 11.4 Å². The van der Waals surface area contributed by atoms with Crippen LogP contribution in [0.15, 0.2) is 91.3 Å². The Bertz CT molecular complexity index is 2090. The van der Waals surface area contributed by atoms with Gasteiger partial charge in [-0.15, -0.1) is 20.4 Å². The number of piperidine rings is 2. The van der Waals surface area contributed by atoms with Gasteiger partial charge < -0.3 is 20.4 Å². The van der Waals surface area contributed by atoms with Crippen LogP contribution in [-0.4, -0.2) is 83.7 Å². The van der Waals surface area contributed by atoms with Crippen molar-refractivity contribution in [2.45, 2.75) is 115 Å². The third kappa shape index (κ3) is 9.11. The molecule has 11 heteroatoms. The molecule has 8 rings (SSSR count). The summed E-state index contributed by atoms with van der Waals surface area (Å²) in [7, 11) is 4.24. The standard InChI is InChI=1S/C23H29N5.C22H28N6/c1-22(2)13-18(14-23(3,4)27-22)28(5)21-11-10-20(25-26-21)17-12-16-8-6-7-9-19(16)24-15-17;1-21(2)12-15(13-22(3,4)27-21)28(5)20-11-10-18(25-26-20)19-14-23-16-8-6-7-9-17(16)24-19/h6-12,15,18,27H,13-14H2,1-5H3;6-11,14-15,27H,12-13H2,1-5H3. The molecule has 2 N–H and O–H groups in total. The first-order valence-corrected chi connectivity index (χ1v) is 19.7. The minimum Gasteiger partial charge on any atom is -0.355 e. The summed E-state index contributed by atoms with van der Waals surface area (Å²) < 4.78 is 0. The zero-order chi connectivity index (χ0) is 39.9. The second-order valence-electron chi connectivity index (χ2n) is 18.3. The van der Waals surface area contributed by atoms with Crippen molar-refractivity contribution in [3.63, 3.8) is 0 Å². The number of hydrogen-bond acceptors (Lipinski definition) is 11. The summed E-state index contributed by atoms with van der Waals surface area (Å²) in [6.07, 6.45) is 7.90. The predicted octanol–water partition coefficient (Wildman–Crippen LogP) is 8.27. The Kier molecular flexibility index (Phi) is 10.5. The van der Waals surface area contributed by atoms with E-state index in [0.717, 1.165) is 81.9 Å². The molecule has 0 unspecified atom stereocenters. The van der Waals surface area contributed by atoms with Crippen LogP contribution in [0.25, 0.3) is 44.6 Å². The van der Waals surface area contributed by atoms with E-state index >= 15 is 0 Å². The molecule has 0 spiro atoms. The number of para-hydroxylation sites is 3. The Morgan fingerprint density at radius 1 is 0.500 bits per heavy atom. The molecular formula is C45H57N11. The summed E-state index contributed by atoms with van der Waals surface area (Å²) in [5, 5.41) is 26.6. The van der Waals surface area contributed by atoms with Crippen LogP contribution < -0.4 is 20.4 Å². The Balaban J connectivity index is 0.000000172. The molecule has 6 heterocycles. The van der Waals surface area contributed by atoms with E-state index in [1.807, 2.05) is 66.9 Å². The van der Waals surface area contributed by atoms with Crippen LogP contribution in [0.1, 0.15) is 81.1 Å². The van der Waals surface area contributed by atoms with Gasteiger partial charge in [0.15, 0.2) is 11.6 Å². The minimum atomic E-state index is 0.0920. The quantitative estimate of drug-likeness (QED) is 0.171. The normalized spacial score (nSPS) is 18.9. The van der Waals surface area contributed by atoms with Crippen LogP contribution >= 0.6 is 0 Å². The van der Waals surface area contributed by atoms with Crippen molar-refractivity contribution in [3.8, 4) is 22.6 Å². The van der Waals surface area contributed by atoms with Gasteiger partial charge in [-0.1, -0.05) is 30.3 Å². The van der Waals surface area contributed by atoms with Gasteiger partial charge in [0, 0.05) is 65.5 Å². The van der Waals surface area contributed by atoms with Crippen molar-refractivity contribution in [1.29, 1.82) is 0 Å². The zero-order valence-electron chi connectivity index (χ0n) is 34.7. The average molecular weight is 752 g/mol. The number of fused-ring (bicyclic) bond motifs is 2. The van der Waals surface area contributed by atoms with Crippen LogP contribution in [0.4, 0.5) is 11.6 Å². The molecule has 0 aliphatic carbocycles. The van der Waals surface area contributed by atoms with E-state index < -0.39 is 0 Å². The molecule has 0 radical (unpaired) electrons. The molecule has 56 heavy (non-hydrogen) atoms. The number of hydrogen-bond donors (Lipinski definition) is 2. The van der Waals surface area contributed by atoms with Gasteiger partial charge in [-0.3, -0.25) is 9.97 Å². The van der Waals surface area contributed by atoms with Crippen LogP contribution in [-0.2, 0) is 0 Å². The van der Waals surface area contributed by atoms with E-state index in [4.69, 9.17) is 0 Å². The highest BCUT2D eigenvalue weighted by Crippen LogP contribution is 2.34. The van der Waals surface area contributed by atoms with Gasteiger partial charge in [-0.25, -0.2) is 4.98 Å². The first-order valence-electron chi connectivity index (χ1n) is 19.7. The Morgan fingerprint density at radius 3 is 1.48 bits per heavy atom. The molecular weight excluding hydrogens is 695 g/mol. The first-order chi connectivity index (χ1) is 26.4. The molecule has 2 saturated heterocycles. The van der Waals surface area contributed by atoms with Crippen molar-refractivity contribution in [3.05, 3.63) is 91.3 Å². The number of nitrogens with one attached hydrogen (secondary N) is 2. The zero-order valence-corrected chi connectivity index (χ0v) is 34.7. The van der Waals surface area contributed by atoms with Gasteiger partial charge in [-0.2, -0.15) is 0 Å². The topological polar surface area (TPSA) is 121 Å². The van der Waals surface area contributed by atoms with Crippen molar-refractivity contribution < 1.29 is 0 Å². The maximum Gasteiger partial charge on any atom is 0.151 e. The summed E-state index contributed by atoms with van der Waals surface area (Å²) in [6, 6.07) is 27.0. The first kappa shape index (κ1) is 39.1.